The Balaban J connectivity index is 1.39. The van der Waals surface area contributed by atoms with E-state index in [4.69, 9.17) is 16.0 Å². The second kappa shape index (κ2) is 9.77. The van der Waals surface area contributed by atoms with Gasteiger partial charge in [-0.1, -0.05) is 54.1 Å². The maximum absolute atomic E-state index is 13.2. The highest BCUT2D eigenvalue weighted by Gasteiger charge is 2.19. The van der Waals surface area contributed by atoms with E-state index < -0.39 is 0 Å². The number of halogens is 1. The third-order valence-electron chi connectivity index (χ3n) is 6.20. The Labute approximate surface area is 209 Å². The highest BCUT2D eigenvalue weighted by Crippen LogP contribution is 2.30. The molecule has 174 valence electrons. The van der Waals surface area contributed by atoms with Gasteiger partial charge in [0.2, 0.25) is 5.91 Å². The predicted molar refractivity (Wildman–Crippen MR) is 141 cm³/mol. The molecule has 5 aromatic rings. The fourth-order valence-corrected chi connectivity index (χ4v) is 4.65. The van der Waals surface area contributed by atoms with Gasteiger partial charge < -0.3 is 9.73 Å². The molecule has 1 atom stereocenters. The van der Waals surface area contributed by atoms with Crippen LogP contribution in [0.2, 0.25) is 5.02 Å². The molecule has 0 bridgehead atoms. The van der Waals surface area contributed by atoms with E-state index in [2.05, 4.69) is 10.3 Å². The van der Waals surface area contributed by atoms with Crippen LogP contribution >= 0.6 is 11.6 Å². The molecule has 0 saturated carbocycles. The van der Waals surface area contributed by atoms with E-state index in [9.17, 15) is 4.79 Å². The average molecular weight is 481 g/mol. The molecule has 0 saturated heterocycles. The van der Waals surface area contributed by atoms with Crippen LogP contribution in [0.15, 0.2) is 95.5 Å². The van der Waals surface area contributed by atoms with Gasteiger partial charge >= 0.3 is 0 Å². The smallest absolute Gasteiger partial charge is 0.225 e. The Morgan fingerprint density at radius 1 is 0.971 bits per heavy atom. The summed E-state index contributed by atoms with van der Waals surface area (Å²) in [4.78, 5) is 17.5. The Bertz CT molecular complexity index is 1510. The number of nitrogens with zero attached hydrogens (tertiary/aromatic N) is 1. The van der Waals surface area contributed by atoms with Crippen molar-refractivity contribution in [1.82, 2.24) is 10.3 Å². The van der Waals surface area contributed by atoms with E-state index in [1.54, 1.807) is 6.20 Å². The summed E-state index contributed by atoms with van der Waals surface area (Å²) in [5, 5.41) is 4.87. The summed E-state index contributed by atoms with van der Waals surface area (Å²) in [5.41, 5.74) is 6.66. The van der Waals surface area contributed by atoms with Crippen molar-refractivity contribution in [3.8, 4) is 11.3 Å². The number of hydrogen-bond donors (Lipinski definition) is 1. The summed E-state index contributed by atoms with van der Waals surface area (Å²) < 4.78 is 6.05. The number of fused-ring (bicyclic) bond motifs is 1. The second-order valence-electron chi connectivity index (χ2n) is 8.71. The number of benzene rings is 3. The normalized spacial score (nSPS) is 12.0. The molecule has 0 spiro atoms. The number of furan rings is 1. The molecule has 3 aromatic carbocycles. The van der Waals surface area contributed by atoms with Gasteiger partial charge in [0.1, 0.15) is 11.3 Å². The van der Waals surface area contributed by atoms with Crippen molar-refractivity contribution in [3.63, 3.8) is 0 Å². The maximum Gasteiger partial charge on any atom is 0.225 e. The first-order valence-corrected chi connectivity index (χ1v) is 11.9. The van der Waals surface area contributed by atoms with Crippen LogP contribution in [0.5, 0.6) is 0 Å². The SMILES string of the molecule is Cc1cc(Cl)ccc1C(NC(=O)Cc1ccc2oc(-c3cccnc3C)cc2c1)c1ccccc1. The predicted octanol–water partition coefficient (Wildman–Crippen LogP) is 7.21. The lowest BCUT2D eigenvalue weighted by atomic mass is 9.94. The van der Waals surface area contributed by atoms with Crippen molar-refractivity contribution >= 4 is 28.5 Å². The molecule has 1 unspecified atom stereocenters. The first-order chi connectivity index (χ1) is 17.0. The Morgan fingerprint density at radius 3 is 2.57 bits per heavy atom. The molecule has 4 nitrogen and oxygen atoms in total. The Kier molecular flexibility index (Phi) is 6.39. The zero-order valence-electron chi connectivity index (χ0n) is 19.6. The Morgan fingerprint density at radius 2 is 1.80 bits per heavy atom. The van der Waals surface area contributed by atoms with Gasteiger partial charge in [0.25, 0.3) is 0 Å². The summed E-state index contributed by atoms with van der Waals surface area (Å²) in [6.45, 7) is 3.97. The monoisotopic (exact) mass is 480 g/mol. The van der Waals surface area contributed by atoms with Gasteiger partial charge in [-0.15, -0.1) is 0 Å². The van der Waals surface area contributed by atoms with Crippen LogP contribution in [-0.4, -0.2) is 10.9 Å². The summed E-state index contributed by atoms with van der Waals surface area (Å²) >= 11 is 6.18. The number of amides is 1. The van der Waals surface area contributed by atoms with E-state index in [-0.39, 0.29) is 18.4 Å². The summed E-state index contributed by atoms with van der Waals surface area (Å²) in [5.74, 6) is 0.717. The zero-order chi connectivity index (χ0) is 24.4. The van der Waals surface area contributed by atoms with Crippen molar-refractivity contribution in [3.05, 3.63) is 124 Å². The second-order valence-corrected chi connectivity index (χ2v) is 9.14. The first-order valence-electron chi connectivity index (χ1n) is 11.5. The fourth-order valence-electron chi connectivity index (χ4n) is 4.43. The molecule has 2 aromatic heterocycles. The molecule has 35 heavy (non-hydrogen) atoms. The van der Waals surface area contributed by atoms with Gasteiger partial charge in [-0.2, -0.15) is 0 Å². The minimum Gasteiger partial charge on any atom is -0.456 e. The maximum atomic E-state index is 13.2. The first kappa shape index (κ1) is 22.9. The largest absolute Gasteiger partial charge is 0.456 e. The highest BCUT2D eigenvalue weighted by molar-refractivity contribution is 6.30. The van der Waals surface area contributed by atoms with Gasteiger partial charge in [0.15, 0.2) is 0 Å². The summed E-state index contributed by atoms with van der Waals surface area (Å²) in [6, 6.07) is 27.3. The molecule has 5 heteroatoms. The van der Waals surface area contributed by atoms with E-state index in [0.717, 1.165) is 50.2 Å². The molecular weight excluding hydrogens is 456 g/mol. The minimum absolute atomic E-state index is 0.0561. The van der Waals surface area contributed by atoms with Crippen LogP contribution < -0.4 is 5.32 Å². The van der Waals surface area contributed by atoms with Crippen LogP contribution in [0.1, 0.15) is 34.0 Å². The van der Waals surface area contributed by atoms with Crippen LogP contribution in [0, 0.1) is 13.8 Å². The van der Waals surface area contributed by atoms with Crippen molar-refractivity contribution < 1.29 is 9.21 Å². The number of aryl methyl sites for hydroxylation is 2. The van der Waals surface area contributed by atoms with Crippen LogP contribution in [0.3, 0.4) is 0 Å². The number of hydrogen-bond acceptors (Lipinski definition) is 3. The van der Waals surface area contributed by atoms with E-state index in [1.807, 2.05) is 98.8 Å². The Hall–Kier alpha value is -3.89. The lowest BCUT2D eigenvalue weighted by Crippen LogP contribution is -2.31. The third-order valence-corrected chi connectivity index (χ3v) is 6.43. The summed E-state index contributed by atoms with van der Waals surface area (Å²) in [6.07, 6.45) is 2.03. The standard InChI is InChI=1S/C30H25ClN2O2/c1-19-15-24(31)11-12-25(19)30(22-7-4-3-5-8-22)33-29(34)17-21-10-13-27-23(16-21)18-28(35-27)26-9-6-14-32-20(26)2/h3-16,18,30H,17H2,1-2H3,(H,33,34). The number of nitrogens with one attached hydrogen (secondary N) is 1. The number of carbonyl (C=O) groups excluding carboxylic acids is 1. The lowest BCUT2D eigenvalue weighted by molar-refractivity contribution is -0.120. The van der Waals surface area contributed by atoms with Crippen LogP contribution in [0.25, 0.3) is 22.3 Å². The molecular formula is C30H25ClN2O2. The van der Waals surface area contributed by atoms with Crippen molar-refractivity contribution in [2.75, 3.05) is 0 Å². The molecule has 0 aliphatic rings. The highest BCUT2D eigenvalue weighted by atomic mass is 35.5. The topological polar surface area (TPSA) is 55.1 Å². The lowest BCUT2D eigenvalue weighted by Gasteiger charge is -2.22. The summed E-state index contributed by atoms with van der Waals surface area (Å²) in [7, 11) is 0. The van der Waals surface area contributed by atoms with E-state index in [0.29, 0.717) is 5.02 Å². The number of carbonyl (C=O) groups is 1. The van der Waals surface area contributed by atoms with Crippen molar-refractivity contribution in [2.45, 2.75) is 26.3 Å². The molecule has 1 N–H and O–H groups in total. The molecule has 5 rings (SSSR count). The van der Waals surface area contributed by atoms with Gasteiger partial charge in [0, 0.05) is 27.9 Å². The molecule has 0 fully saturated rings. The number of aromatic nitrogens is 1. The van der Waals surface area contributed by atoms with Gasteiger partial charge in [-0.05, 0) is 78.6 Å². The van der Waals surface area contributed by atoms with E-state index in [1.165, 1.54) is 0 Å². The number of pyridine rings is 1. The van der Waals surface area contributed by atoms with E-state index >= 15 is 0 Å². The molecule has 0 aliphatic heterocycles. The van der Waals surface area contributed by atoms with Crippen molar-refractivity contribution in [1.29, 1.82) is 0 Å². The molecule has 2 heterocycles. The zero-order valence-corrected chi connectivity index (χ0v) is 20.3. The van der Waals surface area contributed by atoms with Crippen molar-refractivity contribution in [2.24, 2.45) is 0 Å². The van der Waals surface area contributed by atoms with Crippen LogP contribution in [0.4, 0.5) is 0 Å². The number of rotatable bonds is 6. The van der Waals surface area contributed by atoms with Crippen LogP contribution in [-0.2, 0) is 11.2 Å². The molecule has 1 amide bonds. The average Bonchev–Trinajstić information content (AvgIpc) is 3.27. The van der Waals surface area contributed by atoms with Gasteiger partial charge in [-0.25, -0.2) is 0 Å². The minimum atomic E-state index is -0.265. The van der Waals surface area contributed by atoms with Gasteiger partial charge in [0.05, 0.1) is 12.5 Å². The molecule has 0 radical (unpaired) electrons. The molecule has 0 aliphatic carbocycles. The van der Waals surface area contributed by atoms with Gasteiger partial charge in [-0.3, -0.25) is 9.78 Å². The fraction of sp³-hybridized carbons (Fsp3) is 0.133. The third kappa shape index (κ3) is 4.98. The quantitative estimate of drug-likeness (QED) is 0.279.